The standard InChI is InChI=1S/C14H16BrF2NO/c1-10-8-12(15)4-2-11(10)3-5-13(19)18-7-6-14(16,17)9-18/h2,4,8H,3,5-7,9H2,1H3. The van der Waals surface area contributed by atoms with Crippen LogP contribution < -0.4 is 0 Å². The van der Waals surface area contributed by atoms with Crippen molar-refractivity contribution in [2.45, 2.75) is 32.1 Å². The normalized spacial score (nSPS) is 17.8. The highest BCUT2D eigenvalue weighted by atomic mass is 79.9. The van der Waals surface area contributed by atoms with Gasteiger partial charge in [0.2, 0.25) is 5.91 Å². The molecule has 2 nitrogen and oxygen atoms in total. The monoisotopic (exact) mass is 331 g/mol. The summed E-state index contributed by atoms with van der Waals surface area (Å²) in [7, 11) is 0. The number of alkyl halides is 2. The van der Waals surface area contributed by atoms with Gasteiger partial charge in [0, 0.05) is 23.9 Å². The van der Waals surface area contributed by atoms with Gasteiger partial charge in [0.05, 0.1) is 6.54 Å². The molecule has 0 unspecified atom stereocenters. The van der Waals surface area contributed by atoms with Gasteiger partial charge < -0.3 is 4.90 Å². The van der Waals surface area contributed by atoms with Crippen molar-refractivity contribution in [2.75, 3.05) is 13.1 Å². The number of hydrogen-bond donors (Lipinski definition) is 0. The molecule has 1 heterocycles. The Balaban J connectivity index is 1.90. The minimum Gasteiger partial charge on any atom is -0.336 e. The molecule has 0 spiro atoms. The average molecular weight is 332 g/mol. The fourth-order valence-electron chi connectivity index (χ4n) is 2.29. The molecule has 1 aromatic rings. The third-order valence-corrected chi connectivity index (χ3v) is 3.93. The lowest BCUT2D eigenvalue weighted by molar-refractivity contribution is -0.131. The molecule has 2 rings (SSSR count). The van der Waals surface area contributed by atoms with E-state index < -0.39 is 12.5 Å². The summed E-state index contributed by atoms with van der Waals surface area (Å²) in [6, 6.07) is 5.88. The Morgan fingerprint density at radius 2 is 2.21 bits per heavy atom. The van der Waals surface area contributed by atoms with E-state index in [-0.39, 0.29) is 18.9 Å². The lowest BCUT2D eigenvalue weighted by Gasteiger charge is -2.16. The van der Waals surface area contributed by atoms with Gasteiger partial charge in [-0.2, -0.15) is 0 Å². The molecule has 1 aliphatic rings. The maximum absolute atomic E-state index is 13.0. The van der Waals surface area contributed by atoms with E-state index >= 15 is 0 Å². The summed E-state index contributed by atoms with van der Waals surface area (Å²) in [5, 5.41) is 0. The van der Waals surface area contributed by atoms with Crippen LogP contribution in [0.4, 0.5) is 8.78 Å². The molecule has 0 aliphatic carbocycles. The van der Waals surface area contributed by atoms with Crippen LogP contribution in [-0.4, -0.2) is 29.8 Å². The zero-order valence-electron chi connectivity index (χ0n) is 10.8. The Bertz CT molecular complexity index is 490. The second-order valence-corrected chi connectivity index (χ2v) is 5.91. The summed E-state index contributed by atoms with van der Waals surface area (Å²) in [5.41, 5.74) is 2.19. The quantitative estimate of drug-likeness (QED) is 0.829. The molecule has 1 saturated heterocycles. The van der Waals surface area contributed by atoms with E-state index in [0.717, 1.165) is 15.6 Å². The fourth-order valence-corrected chi connectivity index (χ4v) is 2.76. The number of hydrogen-bond acceptors (Lipinski definition) is 1. The Morgan fingerprint density at radius 1 is 1.47 bits per heavy atom. The Morgan fingerprint density at radius 3 is 2.79 bits per heavy atom. The van der Waals surface area contributed by atoms with Gasteiger partial charge in [-0.05, 0) is 36.6 Å². The first-order valence-corrected chi connectivity index (χ1v) is 7.07. The van der Waals surface area contributed by atoms with Crippen molar-refractivity contribution in [3.8, 4) is 0 Å². The highest BCUT2D eigenvalue weighted by Crippen LogP contribution is 2.27. The smallest absolute Gasteiger partial charge is 0.267 e. The van der Waals surface area contributed by atoms with Crippen LogP contribution in [-0.2, 0) is 11.2 Å². The highest BCUT2D eigenvalue weighted by molar-refractivity contribution is 9.10. The van der Waals surface area contributed by atoms with Crippen LogP contribution in [0.25, 0.3) is 0 Å². The van der Waals surface area contributed by atoms with Gasteiger partial charge in [0.15, 0.2) is 0 Å². The van der Waals surface area contributed by atoms with E-state index in [4.69, 9.17) is 0 Å². The van der Waals surface area contributed by atoms with E-state index in [1.54, 1.807) is 0 Å². The Hall–Kier alpha value is -0.970. The van der Waals surface area contributed by atoms with Crippen LogP contribution in [0.3, 0.4) is 0 Å². The van der Waals surface area contributed by atoms with Gasteiger partial charge in [-0.3, -0.25) is 4.79 Å². The van der Waals surface area contributed by atoms with Gasteiger partial charge in [0.25, 0.3) is 5.92 Å². The summed E-state index contributed by atoms with van der Waals surface area (Å²) in [6.07, 6.45) is 0.675. The summed E-state index contributed by atoms with van der Waals surface area (Å²) < 4.78 is 27.1. The van der Waals surface area contributed by atoms with E-state index in [1.165, 1.54) is 4.90 Å². The maximum Gasteiger partial charge on any atom is 0.267 e. The minimum atomic E-state index is -2.71. The van der Waals surface area contributed by atoms with Gasteiger partial charge in [-0.1, -0.05) is 22.0 Å². The van der Waals surface area contributed by atoms with E-state index in [1.807, 2.05) is 25.1 Å². The van der Waals surface area contributed by atoms with Crippen molar-refractivity contribution in [1.82, 2.24) is 4.90 Å². The number of carbonyl (C=O) groups is 1. The third-order valence-electron chi connectivity index (χ3n) is 3.44. The molecule has 0 saturated carbocycles. The van der Waals surface area contributed by atoms with Crippen LogP contribution in [0, 0.1) is 6.92 Å². The van der Waals surface area contributed by atoms with Crippen molar-refractivity contribution < 1.29 is 13.6 Å². The number of benzene rings is 1. The SMILES string of the molecule is Cc1cc(Br)ccc1CCC(=O)N1CCC(F)(F)C1. The average Bonchev–Trinajstić information content (AvgIpc) is 2.68. The number of amides is 1. The second kappa shape index (κ2) is 5.57. The van der Waals surface area contributed by atoms with Crippen LogP contribution in [0.15, 0.2) is 22.7 Å². The number of likely N-dealkylation sites (tertiary alicyclic amines) is 1. The molecule has 0 radical (unpaired) electrons. The zero-order chi connectivity index (χ0) is 14.0. The molecule has 19 heavy (non-hydrogen) atoms. The van der Waals surface area contributed by atoms with Crippen LogP contribution >= 0.6 is 15.9 Å². The van der Waals surface area contributed by atoms with Crippen LogP contribution in [0.5, 0.6) is 0 Å². The lowest BCUT2D eigenvalue weighted by atomic mass is 10.0. The molecule has 5 heteroatoms. The fraction of sp³-hybridized carbons (Fsp3) is 0.500. The van der Waals surface area contributed by atoms with Crippen molar-refractivity contribution in [2.24, 2.45) is 0 Å². The minimum absolute atomic E-state index is 0.172. The number of aryl methyl sites for hydroxylation is 2. The van der Waals surface area contributed by atoms with Gasteiger partial charge in [-0.25, -0.2) is 8.78 Å². The zero-order valence-corrected chi connectivity index (χ0v) is 12.3. The second-order valence-electron chi connectivity index (χ2n) is 4.99. The maximum atomic E-state index is 13.0. The molecular weight excluding hydrogens is 316 g/mol. The van der Waals surface area contributed by atoms with Crippen LogP contribution in [0.2, 0.25) is 0 Å². The van der Waals surface area contributed by atoms with Gasteiger partial charge in [-0.15, -0.1) is 0 Å². The van der Waals surface area contributed by atoms with Gasteiger partial charge in [0.1, 0.15) is 0 Å². The first-order valence-electron chi connectivity index (χ1n) is 6.28. The predicted octanol–water partition coefficient (Wildman–Crippen LogP) is 3.56. The van der Waals surface area contributed by atoms with E-state index in [9.17, 15) is 13.6 Å². The molecule has 1 amide bonds. The van der Waals surface area contributed by atoms with E-state index in [2.05, 4.69) is 15.9 Å². The highest BCUT2D eigenvalue weighted by Gasteiger charge is 2.39. The molecular formula is C14H16BrF2NO. The third kappa shape index (κ3) is 3.75. The molecule has 0 N–H and O–H groups in total. The first kappa shape index (κ1) is 14.4. The predicted molar refractivity (Wildman–Crippen MR) is 73.3 cm³/mol. The molecule has 0 atom stereocenters. The number of nitrogens with zero attached hydrogens (tertiary/aromatic N) is 1. The van der Waals surface area contributed by atoms with Crippen molar-refractivity contribution in [3.05, 3.63) is 33.8 Å². The van der Waals surface area contributed by atoms with Gasteiger partial charge >= 0.3 is 0 Å². The lowest BCUT2D eigenvalue weighted by Crippen LogP contribution is -2.31. The number of carbonyl (C=O) groups excluding carboxylic acids is 1. The summed E-state index contributed by atoms with van der Waals surface area (Å²) >= 11 is 3.38. The topological polar surface area (TPSA) is 20.3 Å². The molecule has 104 valence electrons. The van der Waals surface area contributed by atoms with Crippen LogP contribution in [0.1, 0.15) is 24.0 Å². The van der Waals surface area contributed by atoms with Crippen molar-refractivity contribution in [3.63, 3.8) is 0 Å². The number of halogens is 3. The Labute approximate surface area is 119 Å². The summed E-state index contributed by atoms with van der Waals surface area (Å²) in [6.45, 7) is 1.73. The Kier molecular flexibility index (Phi) is 4.23. The van der Waals surface area contributed by atoms with Crippen molar-refractivity contribution >= 4 is 21.8 Å². The number of rotatable bonds is 3. The van der Waals surface area contributed by atoms with Crippen molar-refractivity contribution in [1.29, 1.82) is 0 Å². The molecule has 0 aromatic heterocycles. The first-order chi connectivity index (χ1) is 8.87. The summed E-state index contributed by atoms with van der Waals surface area (Å²) in [4.78, 5) is 13.1. The molecule has 1 aliphatic heterocycles. The molecule has 0 bridgehead atoms. The van der Waals surface area contributed by atoms with E-state index in [0.29, 0.717) is 12.8 Å². The molecule has 1 aromatic carbocycles. The summed E-state index contributed by atoms with van der Waals surface area (Å²) in [5.74, 6) is -2.89. The molecule has 1 fully saturated rings. The largest absolute Gasteiger partial charge is 0.336 e.